The maximum Gasteiger partial charge on any atom is 0.268 e. The van der Waals surface area contributed by atoms with Crippen LogP contribution in [0.1, 0.15) is 24.5 Å². The number of rotatable bonds is 3. The summed E-state index contributed by atoms with van der Waals surface area (Å²) in [6, 6.07) is 9.35. The van der Waals surface area contributed by atoms with E-state index in [1.165, 1.54) is 0 Å². The Hall–Kier alpha value is -2.22. The van der Waals surface area contributed by atoms with Gasteiger partial charge in [0.05, 0.1) is 22.3 Å². The number of fused-ring (bicyclic) bond motifs is 1. The Bertz CT molecular complexity index is 1030. The molecule has 0 aliphatic carbocycles. The molecule has 0 saturated heterocycles. The van der Waals surface area contributed by atoms with Crippen molar-refractivity contribution in [2.45, 2.75) is 19.9 Å². The standard InChI is InChI=1S/C16H14ClN5OS/c1-8(18)14-19-15(23-21-14)13-7-12-9(2)20-22(16(12)24-13)11-5-3-4-10(17)6-11/h3-8H,18H2,1-2H3. The first kappa shape index (κ1) is 15.3. The van der Waals surface area contributed by atoms with Gasteiger partial charge in [-0.25, -0.2) is 4.68 Å². The SMILES string of the molecule is Cc1nn(-c2cccc(Cl)c2)c2sc(-c3nc(C(C)N)no3)cc12. The molecule has 0 radical (unpaired) electrons. The van der Waals surface area contributed by atoms with E-state index in [1.807, 2.05) is 48.9 Å². The van der Waals surface area contributed by atoms with E-state index in [2.05, 4.69) is 15.2 Å². The van der Waals surface area contributed by atoms with Crippen molar-refractivity contribution in [1.82, 2.24) is 19.9 Å². The zero-order chi connectivity index (χ0) is 16.8. The summed E-state index contributed by atoms with van der Waals surface area (Å²) < 4.78 is 7.22. The number of hydrogen-bond acceptors (Lipinski definition) is 6. The molecule has 3 aromatic heterocycles. The highest BCUT2D eigenvalue weighted by Gasteiger charge is 2.18. The number of aromatic nitrogens is 4. The molecule has 4 aromatic rings. The second-order valence-corrected chi connectivity index (χ2v) is 7.02. The average Bonchev–Trinajstić information content (AvgIpc) is 3.23. The largest absolute Gasteiger partial charge is 0.333 e. The number of thiophene rings is 1. The summed E-state index contributed by atoms with van der Waals surface area (Å²) in [7, 11) is 0. The number of nitrogens with zero attached hydrogens (tertiary/aromatic N) is 4. The van der Waals surface area contributed by atoms with E-state index in [-0.39, 0.29) is 6.04 Å². The molecule has 1 atom stereocenters. The zero-order valence-corrected chi connectivity index (χ0v) is 14.6. The Balaban J connectivity index is 1.85. The van der Waals surface area contributed by atoms with E-state index in [0.29, 0.717) is 16.7 Å². The molecule has 24 heavy (non-hydrogen) atoms. The first-order chi connectivity index (χ1) is 11.5. The number of benzene rings is 1. The molecule has 4 rings (SSSR count). The topological polar surface area (TPSA) is 82.8 Å². The third kappa shape index (κ3) is 2.50. The van der Waals surface area contributed by atoms with Gasteiger partial charge in [0.2, 0.25) is 0 Å². The van der Waals surface area contributed by atoms with Crippen LogP contribution < -0.4 is 5.73 Å². The number of halogens is 1. The van der Waals surface area contributed by atoms with Crippen molar-refractivity contribution in [3.05, 3.63) is 46.9 Å². The number of hydrogen-bond donors (Lipinski definition) is 1. The van der Waals surface area contributed by atoms with Crippen LogP contribution in [0.2, 0.25) is 5.02 Å². The van der Waals surface area contributed by atoms with E-state index in [9.17, 15) is 0 Å². The molecule has 0 aliphatic heterocycles. The van der Waals surface area contributed by atoms with Crippen LogP contribution in [0.4, 0.5) is 0 Å². The molecule has 0 spiro atoms. The molecule has 1 unspecified atom stereocenters. The lowest BCUT2D eigenvalue weighted by molar-refractivity contribution is 0.419. The lowest BCUT2D eigenvalue weighted by atomic mass is 10.3. The van der Waals surface area contributed by atoms with E-state index in [4.69, 9.17) is 21.9 Å². The monoisotopic (exact) mass is 359 g/mol. The lowest BCUT2D eigenvalue weighted by Gasteiger charge is -2.02. The van der Waals surface area contributed by atoms with Gasteiger partial charge < -0.3 is 10.3 Å². The fourth-order valence-electron chi connectivity index (χ4n) is 2.46. The van der Waals surface area contributed by atoms with E-state index in [0.717, 1.165) is 26.5 Å². The summed E-state index contributed by atoms with van der Waals surface area (Å²) in [5.74, 6) is 0.969. The predicted molar refractivity (Wildman–Crippen MR) is 94.6 cm³/mol. The van der Waals surface area contributed by atoms with Crippen LogP contribution in [0.25, 0.3) is 26.7 Å². The molecule has 0 fully saturated rings. The highest BCUT2D eigenvalue weighted by molar-refractivity contribution is 7.21. The minimum atomic E-state index is -0.263. The Morgan fingerprint density at radius 1 is 1.33 bits per heavy atom. The van der Waals surface area contributed by atoms with Gasteiger partial charge in [-0.05, 0) is 38.1 Å². The van der Waals surface area contributed by atoms with Crippen molar-refractivity contribution in [1.29, 1.82) is 0 Å². The van der Waals surface area contributed by atoms with Crippen LogP contribution in [0.15, 0.2) is 34.9 Å². The van der Waals surface area contributed by atoms with Crippen molar-refractivity contribution in [3.8, 4) is 16.5 Å². The van der Waals surface area contributed by atoms with Crippen molar-refractivity contribution >= 4 is 33.2 Å². The zero-order valence-electron chi connectivity index (χ0n) is 13.0. The molecule has 122 valence electrons. The molecule has 6 nitrogen and oxygen atoms in total. The molecule has 0 amide bonds. The van der Waals surface area contributed by atoms with Gasteiger partial charge in [0.1, 0.15) is 4.83 Å². The quantitative estimate of drug-likeness (QED) is 0.595. The molecule has 0 saturated carbocycles. The number of aryl methyl sites for hydroxylation is 1. The minimum absolute atomic E-state index is 0.263. The number of nitrogens with two attached hydrogens (primary N) is 1. The summed E-state index contributed by atoms with van der Waals surface area (Å²) >= 11 is 7.65. The van der Waals surface area contributed by atoms with Crippen molar-refractivity contribution < 1.29 is 4.52 Å². The van der Waals surface area contributed by atoms with Gasteiger partial charge in [-0.1, -0.05) is 22.8 Å². The van der Waals surface area contributed by atoms with Gasteiger partial charge in [-0.3, -0.25) is 0 Å². The summed E-state index contributed by atoms with van der Waals surface area (Å²) in [6.45, 7) is 3.79. The van der Waals surface area contributed by atoms with Crippen LogP contribution in [-0.4, -0.2) is 19.9 Å². The van der Waals surface area contributed by atoms with Gasteiger partial charge in [0.15, 0.2) is 5.82 Å². The predicted octanol–water partition coefficient (Wildman–Crippen LogP) is 4.12. The van der Waals surface area contributed by atoms with Crippen LogP contribution in [0.5, 0.6) is 0 Å². The van der Waals surface area contributed by atoms with E-state index >= 15 is 0 Å². The second-order valence-electron chi connectivity index (χ2n) is 5.55. The first-order valence-electron chi connectivity index (χ1n) is 7.37. The Labute approximate surface area is 146 Å². The van der Waals surface area contributed by atoms with Gasteiger partial charge in [0, 0.05) is 10.4 Å². The van der Waals surface area contributed by atoms with E-state index in [1.54, 1.807) is 11.3 Å². The maximum atomic E-state index is 6.10. The van der Waals surface area contributed by atoms with Gasteiger partial charge in [-0.2, -0.15) is 10.1 Å². The normalized spacial score (nSPS) is 12.8. The smallest absolute Gasteiger partial charge is 0.268 e. The van der Waals surface area contributed by atoms with Crippen LogP contribution in [-0.2, 0) is 0 Å². The van der Waals surface area contributed by atoms with Gasteiger partial charge in [-0.15, -0.1) is 11.3 Å². The molecular weight excluding hydrogens is 346 g/mol. The van der Waals surface area contributed by atoms with Crippen molar-refractivity contribution in [3.63, 3.8) is 0 Å². The second kappa shape index (κ2) is 5.70. The third-order valence-electron chi connectivity index (χ3n) is 3.66. The van der Waals surface area contributed by atoms with Gasteiger partial charge >= 0.3 is 0 Å². The molecule has 1 aromatic carbocycles. The van der Waals surface area contributed by atoms with Gasteiger partial charge in [0.25, 0.3) is 5.89 Å². The van der Waals surface area contributed by atoms with Crippen molar-refractivity contribution in [2.24, 2.45) is 5.73 Å². The van der Waals surface area contributed by atoms with Crippen LogP contribution >= 0.6 is 22.9 Å². The van der Waals surface area contributed by atoms with Crippen molar-refractivity contribution in [2.75, 3.05) is 0 Å². The third-order valence-corrected chi connectivity index (χ3v) is 4.99. The molecular formula is C16H14ClN5OS. The fraction of sp³-hybridized carbons (Fsp3) is 0.188. The Morgan fingerprint density at radius 2 is 2.17 bits per heavy atom. The van der Waals surface area contributed by atoms with E-state index < -0.39 is 0 Å². The first-order valence-corrected chi connectivity index (χ1v) is 8.57. The average molecular weight is 360 g/mol. The summed E-state index contributed by atoms with van der Waals surface area (Å²) in [4.78, 5) is 6.25. The summed E-state index contributed by atoms with van der Waals surface area (Å²) in [5.41, 5.74) is 7.63. The molecule has 3 heterocycles. The fourth-order valence-corrected chi connectivity index (χ4v) is 3.74. The minimum Gasteiger partial charge on any atom is -0.333 e. The Kier molecular flexibility index (Phi) is 3.64. The molecule has 8 heteroatoms. The molecule has 0 aliphatic rings. The molecule has 0 bridgehead atoms. The lowest BCUT2D eigenvalue weighted by Crippen LogP contribution is -2.06. The summed E-state index contributed by atoms with van der Waals surface area (Å²) in [6.07, 6.45) is 0. The summed E-state index contributed by atoms with van der Waals surface area (Å²) in [5, 5.41) is 10.2. The van der Waals surface area contributed by atoms with Crippen LogP contribution in [0, 0.1) is 6.92 Å². The highest BCUT2D eigenvalue weighted by atomic mass is 35.5. The highest BCUT2D eigenvalue weighted by Crippen LogP contribution is 2.36. The maximum absolute atomic E-state index is 6.10. The molecule has 2 N–H and O–H groups in total. The Morgan fingerprint density at radius 3 is 2.88 bits per heavy atom. The van der Waals surface area contributed by atoms with Crippen LogP contribution in [0.3, 0.4) is 0 Å².